The molecule has 0 aliphatic heterocycles. The molecule has 1 aromatic heterocycles. The molecule has 0 radical (unpaired) electrons. The number of anilines is 2. The molecular weight excluding hydrogens is 392 g/mol. The molecule has 0 aliphatic carbocycles. The molecule has 1 amide bonds. The number of carbonyl (C=O) groups is 1. The highest BCUT2D eigenvalue weighted by Gasteiger charge is 2.23. The Hall–Kier alpha value is -2.75. The number of benzene rings is 1. The van der Waals surface area contributed by atoms with Gasteiger partial charge in [0, 0.05) is 16.6 Å². The monoisotopic (exact) mass is 408 g/mol. The van der Waals surface area contributed by atoms with E-state index in [0.717, 1.165) is 17.3 Å². The molecule has 1 aromatic carbocycles. The van der Waals surface area contributed by atoms with Crippen molar-refractivity contribution in [2.45, 2.75) is 19.8 Å². The van der Waals surface area contributed by atoms with Crippen LogP contribution in [0.5, 0.6) is 0 Å². The van der Waals surface area contributed by atoms with E-state index in [-0.39, 0.29) is 17.3 Å². The lowest BCUT2D eigenvalue weighted by atomic mass is 10.2. The molecule has 0 aliphatic rings. The summed E-state index contributed by atoms with van der Waals surface area (Å²) in [5.41, 5.74) is 4.96. The van der Waals surface area contributed by atoms with Crippen molar-refractivity contribution in [2.75, 3.05) is 17.3 Å². The molecular formula is C15H17BrN6O3. The van der Waals surface area contributed by atoms with Crippen molar-refractivity contribution >= 4 is 39.2 Å². The third-order valence-electron chi connectivity index (χ3n) is 3.23. The number of aromatic nitrogens is 2. The lowest BCUT2D eigenvalue weighted by molar-refractivity contribution is -0.383. The molecule has 132 valence electrons. The molecule has 1 heterocycles. The highest BCUT2D eigenvalue weighted by atomic mass is 79.9. The van der Waals surface area contributed by atoms with Gasteiger partial charge in [0.15, 0.2) is 0 Å². The van der Waals surface area contributed by atoms with E-state index in [9.17, 15) is 14.9 Å². The molecule has 0 fully saturated rings. The maximum Gasteiger partial charge on any atom is 0.354 e. The third-order valence-corrected chi connectivity index (χ3v) is 3.76. The van der Waals surface area contributed by atoms with Gasteiger partial charge < -0.3 is 5.32 Å². The van der Waals surface area contributed by atoms with Crippen LogP contribution < -0.4 is 16.2 Å². The zero-order chi connectivity index (χ0) is 18.2. The average Bonchev–Trinajstić information content (AvgIpc) is 2.60. The number of rotatable bonds is 8. The summed E-state index contributed by atoms with van der Waals surface area (Å²) in [4.78, 5) is 30.6. The standard InChI is InChI=1S/C15H17BrN6O3/c1-2-3-8-17-13-12(22(24)25)14(19-9-18-13)20-21-15(23)10-4-6-11(16)7-5-10/h4-7,9H,2-3,8H2,1H3,(H,21,23)(H2,17,18,19,20). The quantitative estimate of drug-likeness (QED) is 0.348. The van der Waals surface area contributed by atoms with Gasteiger partial charge in [-0.15, -0.1) is 0 Å². The van der Waals surface area contributed by atoms with E-state index < -0.39 is 10.8 Å². The van der Waals surface area contributed by atoms with Crippen molar-refractivity contribution in [1.29, 1.82) is 0 Å². The first-order valence-corrected chi connectivity index (χ1v) is 8.37. The number of unbranched alkanes of at least 4 members (excludes halogenated alkanes) is 1. The highest BCUT2D eigenvalue weighted by molar-refractivity contribution is 9.10. The summed E-state index contributed by atoms with van der Waals surface area (Å²) in [6.07, 6.45) is 2.99. The van der Waals surface area contributed by atoms with Crippen LogP contribution in [0.25, 0.3) is 0 Å². The molecule has 0 bridgehead atoms. The van der Waals surface area contributed by atoms with Crippen molar-refractivity contribution in [2.24, 2.45) is 0 Å². The van der Waals surface area contributed by atoms with Gasteiger partial charge in [0.2, 0.25) is 11.6 Å². The molecule has 0 unspecified atom stereocenters. The van der Waals surface area contributed by atoms with E-state index in [1.165, 1.54) is 6.33 Å². The number of hydrogen-bond acceptors (Lipinski definition) is 7. The van der Waals surface area contributed by atoms with Crippen LogP contribution in [0.2, 0.25) is 0 Å². The summed E-state index contributed by atoms with van der Waals surface area (Å²) in [6, 6.07) is 6.68. The summed E-state index contributed by atoms with van der Waals surface area (Å²) in [5, 5.41) is 14.3. The van der Waals surface area contributed by atoms with Gasteiger partial charge in [-0.05, 0) is 30.7 Å². The van der Waals surface area contributed by atoms with Gasteiger partial charge in [0.1, 0.15) is 6.33 Å². The Balaban J connectivity index is 2.12. The Bertz CT molecular complexity index is 753. The molecule has 0 spiro atoms. The fourth-order valence-corrected chi connectivity index (χ4v) is 2.21. The number of nitrogens with zero attached hydrogens (tertiary/aromatic N) is 3. The van der Waals surface area contributed by atoms with Crippen LogP contribution >= 0.6 is 15.9 Å². The number of amides is 1. The second-order valence-electron chi connectivity index (χ2n) is 5.04. The van der Waals surface area contributed by atoms with Crippen molar-refractivity contribution in [3.8, 4) is 0 Å². The van der Waals surface area contributed by atoms with Gasteiger partial charge in [-0.1, -0.05) is 29.3 Å². The van der Waals surface area contributed by atoms with E-state index in [2.05, 4.69) is 42.1 Å². The number of hydrazine groups is 1. The molecule has 0 atom stereocenters. The molecule has 9 nitrogen and oxygen atoms in total. The molecule has 2 rings (SSSR count). The van der Waals surface area contributed by atoms with Gasteiger partial charge in [0.25, 0.3) is 5.91 Å². The van der Waals surface area contributed by atoms with E-state index in [1.54, 1.807) is 24.3 Å². The number of nitro groups is 1. The highest BCUT2D eigenvalue weighted by Crippen LogP contribution is 2.28. The lowest BCUT2D eigenvalue weighted by Crippen LogP contribution is -2.30. The number of halogens is 1. The summed E-state index contributed by atoms with van der Waals surface area (Å²) < 4.78 is 0.839. The summed E-state index contributed by atoms with van der Waals surface area (Å²) >= 11 is 3.28. The first-order valence-electron chi connectivity index (χ1n) is 7.58. The molecule has 0 saturated heterocycles. The minimum absolute atomic E-state index is 0.0931. The van der Waals surface area contributed by atoms with E-state index in [1.807, 2.05) is 6.92 Å². The SMILES string of the molecule is CCCCNc1ncnc(NNC(=O)c2ccc(Br)cc2)c1[N+](=O)[O-]. The predicted molar refractivity (Wildman–Crippen MR) is 97.3 cm³/mol. The van der Waals surface area contributed by atoms with Gasteiger partial charge in [-0.2, -0.15) is 0 Å². The van der Waals surface area contributed by atoms with E-state index in [4.69, 9.17) is 0 Å². The first-order chi connectivity index (χ1) is 12.0. The topological polar surface area (TPSA) is 122 Å². The Kier molecular flexibility index (Phi) is 6.63. The fraction of sp³-hybridized carbons (Fsp3) is 0.267. The minimum Gasteiger partial charge on any atom is -0.364 e. The number of nitrogens with one attached hydrogen (secondary N) is 3. The lowest BCUT2D eigenvalue weighted by Gasteiger charge is -2.10. The largest absolute Gasteiger partial charge is 0.364 e. The smallest absolute Gasteiger partial charge is 0.354 e. The number of hydrogen-bond donors (Lipinski definition) is 3. The summed E-state index contributed by atoms with van der Waals surface area (Å²) in [5.74, 6) is -0.431. The van der Waals surface area contributed by atoms with Gasteiger partial charge in [0.05, 0.1) is 4.92 Å². The van der Waals surface area contributed by atoms with Gasteiger partial charge in [-0.3, -0.25) is 25.8 Å². The Morgan fingerprint density at radius 1 is 1.24 bits per heavy atom. The minimum atomic E-state index is -0.595. The zero-order valence-corrected chi connectivity index (χ0v) is 15.0. The maximum atomic E-state index is 12.1. The Morgan fingerprint density at radius 2 is 1.92 bits per heavy atom. The van der Waals surface area contributed by atoms with Crippen LogP contribution in [0.4, 0.5) is 17.3 Å². The van der Waals surface area contributed by atoms with Crippen LogP contribution in [0, 0.1) is 10.1 Å². The summed E-state index contributed by atoms with van der Waals surface area (Å²) in [6.45, 7) is 2.57. The van der Waals surface area contributed by atoms with Crippen molar-refractivity contribution in [1.82, 2.24) is 15.4 Å². The molecule has 3 N–H and O–H groups in total. The normalized spacial score (nSPS) is 10.2. The summed E-state index contributed by atoms with van der Waals surface area (Å²) in [7, 11) is 0. The van der Waals surface area contributed by atoms with Crippen LogP contribution in [0.3, 0.4) is 0 Å². The fourth-order valence-electron chi connectivity index (χ4n) is 1.95. The molecule has 10 heteroatoms. The first kappa shape index (κ1) is 18.6. The van der Waals surface area contributed by atoms with Crippen LogP contribution in [0.15, 0.2) is 35.1 Å². The predicted octanol–water partition coefficient (Wildman–Crippen LogP) is 3.12. The van der Waals surface area contributed by atoms with Crippen molar-refractivity contribution in [3.63, 3.8) is 0 Å². The maximum absolute atomic E-state index is 12.1. The second-order valence-corrected chi connectivity index (χ2v) is 5.96. The Labute approximate surface area is 152 Å². The molecule has 2 aromatic rings. The van der Waals surface area contributed by atoms with Gasteiger partial charge >= 0.3 is 5.69 Å². The van der Waals surface area contributed by atoms with Crippen LogP contribution in [-0.2, 0) is 0 Å². The van der Waals surface area contributed by atoms with Crippen molar-refractivity contribution in [3.05, 3.63) is 50.7 Å². The van der Waals surface area contributed by atoms with Crippen LogP contribution in [0.1, 0.15) is 30.1 Å². The average molecular weight is 409 g/mol. The third kappa shape index (κ3) is 5.11. The number of carbonyl (C=O) groups excluding carboxylic acids is 1. The van der Waals surface area contributed by atoms with Crippen molar-refractivity contribution < 1.29 is 9.72 Å². The second kappa shape index (κ2) is 8.92. The van der Waals surface area contributed by atoms with E-state index >= 15 is 0 Å². The van der Waals surface area contributed by atoms with Gasteiger partial charge in [-0.25, -0.2) is 9.97 Å². The molecule has 0 saturated carbocycles. The van der Waals surface area contributed by atoms with Crippen LogP contribution in [-0.4, -0.2) is 27.3 Å². The Morgan fingerprint density at radius 3 is 2.56 bits per heavy atom. The zero-order valence-electron chi connectivity index (χ0n) is 13.5. The van der Waals surface area contributed by atoms with E-state index in [0.29, 0.717) is 12.1 Å². The molecule has 25 heavy (non-hydrogen) atoms.